The maximum atomic E-state index is 13.8. The number of fused-ring (bicyclic) bond motifs is 2. The predicted octanol–water partition coefficient (Wildman–Crippen LogP) is 7.44. The lowest BCUT2D eigenvalue weighted by Gasteiger charge is -2.23. The number of aryl methyl sites for hydroxylation is 2. The van der Waals surface area contributed by atoms with Crippen LogP contribution < -0.4 is 14.4 Å². The van der Waals surface area contributed by atoms with E-state index in [0.717, 1.165) is 38.2 Å². The highest BCUT2D eigenvalue weighted by Crippen LogP contribution is 2.45. The normalized spacial score (nSPS) is 18.9. The monoisotopic (exact) mass is 602 g/mol. The van der Waals surface area contributed by atoms with Crippen LogP contribution in [-0.4, -0.2) is 27.9 Å². The van der Waals surface area contributed by atoms with Gasteiger partial charge in [-0.05, 0) is 85.0 Å². The summed E-state index contributed by atoms with van der Waals surface area (Å²) in [5, 5.41) is 12.1. The van der Waals surface area contributed by atoms with Crippen LogP contribution in [0.1, 0.15) is 46.3 Å². The Morgan fingerprint density at radius 1 is 1.02 bits per heavy atom. The average Bonchev–Trinajstić information content (AvgIpc) is 3.68. The molecule has 1 aromatic heterocycles. The summed E-state index contributed by atoms with van der Waals surface area (Å²) in [7, 11) is 0. The number of aromatic nitrogens is 1. The second-order valence-electron chi connectivity index (χ2n) is 11.4. The molecular weight excluding hydrogens is 572 g/mol. The Bertz CT molecular complexity index is 1980. The van der Waals surface area contributed by atoms with Gasteiger partial charge in [0.1, 0.15) is 30.0 Å². The number of anilines is 1. The van der Waals surface area contributed by atoms with Crippen LogP contribution in [0.4, 0.5) is 5.13 Å². The zero-order valence-electron chi connectivity index (χ0n) is 24.5. The predicted molar refractivity (Wildman–Crippen MR) is 171 cm³/mol. The van der Waals surface area contributed by atoms with E-state index in [0.29, 0.717) is 35.0 Å². The maximum absolute atomic E-state index is 13.8. The van der Waals surface area contributed by atoms with Crippen molar-refractivity contribution in [3.63, 3.8) is 0 Å². The molecule has 0 saturated carbocycles. The number of amides is 1. The summed E-state index contributed by atoms with van der Waals surface area (Å²) in [5.74, 6) is -0.396. The summed E-state index contributed by atoms with van der Waals surface area (Å²) in [6.45, 7) is 6.34. The number of ether oxygens (including phenoxy) is 2. The minimum Gasteiger partial charge on any atom is -0.507 e. The van der Waals surface area contributed by atoms with Gasteiger partial charge in [0, 0.05) is 12.0 Å². The average molecular weight is 603 g/mol. The van der Waals surface area contributed by atoms with Gasteiger partial charge in [0.2, 0.25) is 0 Å². The summed E-state index contributed by atoms with van der Waals surface area (Å²) in [6.07, 6.45) is 0.720. The molecule has 2 aliphatic rings. The Morgan fingerprint density at radius 3 is 2.66 bits per heavy atom. The summed E-state index contributed by atoms with van der Waals surface area (Å²) in [5.41, 5.74) is 5.90. The third kappa shape index (κ3) is 4.91. The first kappa shape index (κ1) is 27.9. The minimum atomic E-state index is -0.916. The summed E-state index contributed by atoms with van der Waals surface area (Å²) < 4.78 is 12.9. The first-order valence-corrected chi connectivity index (χ1v) is 15.3. The molecule has 0 spiro atoms. The number of aliphatic hydroxyl groups excluding tert-OH is 1. The summed E-state index contributed by atoms with van der Waals surface area (Å²) >= 11 is 1.35. The highest BCUT2D eigenvalue weighted by atomic mass is 32.1. The molecule has 8 heteroatoms. The molecule has 0 aliphatic carbocycles. The number of thiazole rings is 1. The van der Waals surface area contributed by atoms with Crippen molar-refractivity contribution in [2.24, 2.45) is 0 Å². The molecule has 0 radical (unpaired) electrons. The molecule has 1 fully saturated rings. The Kier molecular flexibility index (Phi) is 6.94. The fourth-order valence-corrected chi connectivity index (χ4v) is 7.22. The number of ketones is 1. The SMILES string of the molecule is Cc1cc(C)c2nc(N3C(=O)C(=O)/C(=C(/O)c4ccc5c(c4)C[C@@H](C)O5)[C@H]3c3cccc(OCc4ccccc4)c3)sc2c1. The zero-order valence-corrected chi connectivity index (χ0v) is 25.4. The van der Waals surface area contributed by atoms with Crippen molar-refractivity contribution in [2.75, 3.05) is 4.90 Å². The molecule has 3 heterocycles. The largest absolute Gasteiger partial charge is 0.507 e. The Hall–Kier alpha value is -4.95. The van der Waals surface area contributed by atoms with E-state index in [2.05, 4.69) is 0 Å². The number of hydrogen-bond acceptors (Lipinski definition) is 7. The fraction of sp³-hybridized carbons (Fsp3) is 0.194. The van der Waals surface area contributed by atoms with Crippen molar-refractivity contribution in [3.8, 4) is 11.5 Å². The fourth-order valence-electron chi connectivity index (χ4n) is 6.05. The van der Waals surface area contributed by atoms with E-state index in [-0.39, 0.29) is 17.4 Å². The van der Waals surface area contributed by atoms with E-state index in [1.807, 2.05) is 93.6 Å². The molecule has 0 bridgehead atoms. The van der Waals surface area contributed by atoms with Crippen molar-refractivity contribution >= 4 is 44.1 Å². The number of benzene rings is 4. The van der Waals surface area contributed by atoms with Crippen LogP contribution in [0.5, 0.6) is 11.5 Å². The van der Waals surface area contributed by atoms with Crippen LogP contribution >= 0.6 is 11.3 Å². The van der Waals surface area contributed by atoms with E-state index >= 15 is 0 Å². The first-order valence-electron chi connectivity index (χ1n) is 14.5. The molecular formula is C36H30N2O5S. The molecule has 1 amide bonds. The standard InChI is InChI=1S/C36H30N2O5S/c1-20-14-21(2)31-29(15-20)44-36(37-31)38-32(24-10-7-11-27(18-24)42-19-23-8-5-4-6-9-23)30(34(40)35(38)41)33(39)25-12-13-28-26(17-25)16-22(3)43-28/h4-15,17-18,22,32,39H,16,19H2,1-3H3/b33-30+/t22-,32-/m1/s1. The second kappa shape index (κ2) is 11.0. The number of carbonyl (C=O) groups is 2. The minimum absolute atomic E-state index is 0.00859. The lowest BCUT2D eigenvalue weighted by molar-refractivity contribution is -0.132. The molecule has 0 unspecified atom stereocenters. The number of Topliss-reactive ketones (excluding diaryl/α,β-unsaturated/α-hetero) is 1. The lowest BCUT2D eigenvalue weighted by Crippen LogP contribution is -2.29. The van der Waals surface area contributed by atoms with Gasteiger partial charge in [-0.2, -0.15) is 0 Å². The Morgan fingerprint density at radius 2 is 1.84 bits per heavy atom. The van der Waals surface area contributed by atoms with Crippen molar-refractivity contribution in [1.29, 1.82) is 0 Å². The molecule has 1 saturated heterocycles. The van der Waals surface area contributed by atoms with Gasteiger partial charge >= 0.3 is 5.91 Å². The van der Waals surface area contributed by atoms with Crippen LogP contribution in [0.3, 0.4) is 0 Å². The van der Waals surface area contributed by atoms with Gasteiger partial charge in [-0.15, -0.1) is 0 Å². The van der Waals surface area contributed by atoms with Crippen molar-refractivity contribution in [1.82, 2.24) is 4.98 Å². The van der Waals surface area contributed by atoms with E-state index in [4.69, 9.17) is 14.5 Å². The van der Waals surface area contributed by atoms with Crippen molar-refractivity contribution in [3.05, 3.63) is 124 Å². The number of aliphatic hydroxyl groups is 1. The molecule has 2 aliphatic heterocycles. The molecule has 7 nitrogen and oxygen atoms in total. The molecule has 2 atom stereocenters. The van der Waals surface area contributed by atoms with Crippen LogP contribution in [0, 0.1) is 13.8 Å². The molecule has 1 N–H and O–H groups in total. The van der Waals surface area contributed by atoms with Gasteiger partial charge in [-0.1, -0.05) is 59.9 Å². The molecule has 5 aromatic rings. The lowest BCUT2D eigenvalue weighted by atomic mass is 9.94. The van der Waals surface area contributed by atoms with Gasteiger partial charge in [-0.25, -0.2) is 4.98 Å². The topological polar surface area (TPSA) is 89.0 Å². The van der Waals surface area contributed by atoms with E-state index in [1.54, 1.807) is 12.1 Å². The molecule has 7 rings (SSSR count). The van der Waals surface area contributed by atoms with Gasteiger partial charge in [-0.3, -0.25) is 14.5 Å². The number of carbonyl (C=O) groups excluding carboxylic acids is 2. The molecule has 220 valence electrons. The Labute approximate surface area is 259 Å². The molecule has 44 heavy (non-hydrogen) atoms. The molecule has 4 aromatic carbocycles. The van der Waals surface area contributed by atoms with E-state index in [1.165, 1.54) is 16.2 Å². The van der Waals surface area contributed by atoms with Crippen LogP contribution in [0.15, 0.2) is 90.5 Å². The van der Waals surface area contributed by atoms with Crippen LogP contribution in [0.25, 0.3) is 16.0 Å². The smallest absolute Gasteiger partial charge is 0.301 e. The highest BCUT2D eigenvalue weighted by Gasteiger charge is 2.48. The zero-order chi connectivity index (χ0) is 30.5. The first-order chi connectivity index (χ1) is 21.3. The highest BCUT2D eigenvalue weighted by molar-refractivity contribution is 7.22. The van der Waals surface area contributed by atoms with Gasteiger partial charge in [0.05, 0.1) is 21.8 Å². The van der Waals surface area contributed by atoms with Gasteiger partial charge in [0.25, 0.3) is 5.78 Å². The van der Waals surface area contributed by atoms with Gasteiger partial charge < -0.3 is 14.6 Å². The van der Waals surface area contributed by atoms with Crippen molar-refractivity contribution in [2.45, 2.75) is 45.9 Å². The summed E-state index contributed by atoms with van der Waals surface area (Å²) in [4.78, 5) is 33.9. The summed E-state index contributed by atoms with van der Waals surface area (Å²) in [6, 6.07) is 25.7. The maximum Gasteiger partial charge on any atom is 0.301 e. The van der Waals surface area contributed by atoms with Crippen molar-refractivity contribution < 1.29 is 24.2 Å². The number of rotatable bonds is 6. The Balaban J connectivity index is 1.36. The third-order valence-corrected chi connectivity index (χ3v) is 9.06. The van der Waals surface area contributed by atoms with Crippen LogP contribution in [0.2, 0.25) is 0 Å². The third-order valence-electron chi connectivity index (χ3n) is 8.06. The quantitative estimate of drug-likeness (QED) is 0.123. The second-order valence-corrected chi connectivity index (χ2v) is 12.4. The van der Waals surface area contributed by atoms with Gasteiger partial charge in [0.15, 0.2) is 5.13 Å². The van der Waals surface area contributed by atoms with E-state index in [9.17, 15) is 14.7 Å². The number of hydrogen-bond donors (Lipinski definition) is 1. The number of nitrogens with zero attached hydrogens (tertiary/aromatic N) is 2. The van der Waals surface area contributed by atoms with E-state index < -0.39 is 17.7 Å². The van der Waals surface area contributed by atoms with Crippen LogP contribution in [-0.2, 0) is 22.6 Å².